The highest BCUT2D eigenvalue weighted by atomic mass is 79.9. The molecule has 0 bridgehead atoms. The zero-order valence-electron chi connectivity index (χ0n) is 26.4. The van der Waals surface area contributed by atoms with Crippen molar-refractivity contribution in [3.63, 3.8) is 0 Å². The number of benzene rings is 4. The molecule has 2 aliphatic rings. The highest BCUT2D eigenvalue weighted by Gasteiger charge is 2.29. The number of hydrogen-bond acceptors (Lipinski definition) is 4. The molecule has 0 radical (unpaired) electrons. The van der Waals surface area contributed by atoms with Crippen LogP contribution in [0, 0.1) is 0 Å². The van der Waals surface area contributed by atoms with Gasteiger partial charge >= 0.3 is 0 Å². The van der Waals surface area contributed by atoms with Crippen LogP contribution >= 0.6 is 31.9 Å². The third-order valence-electron chi connectivity index (χ3n) is 9.15. The van der Waals surface area contributed by atoms with Crippen LogP contribution in [0.2, 0.25) is 0 Å². The van der Waals surface area contributed by atoms with E-state index in [9.17, 15) is 0 Å². The second kappa shape index (κ2) is 16.0. The minimum atomic E-state index is 1.03. The van der Waals surface area contributed by atoms with Crippen LogP contribution in [-0.2, 0) is 0 Å². The van der Waals surface area contributed by atoms with Gasteiger partial charge in [0.2, 0.25) is 0 Å². The van der Waals surface area contributed by atoms with E-state index in [1.54, 1.807) is 0 Å². The molecule has 4 nitrogen and oxygen atoms in total. The highest BCUT2D eigenvalue weighted by Crippen LogP contribution is 2.49. The summed E-state index contributed by atoms with van der Waals surface area (Å²) in [6.45, 7) is 4.17. The van der Waals surface area contributed by atoms with Gasteiger partial charge < -0.3 is 19.6 Å². The van der Waals surface area contributed by atoms with Crippen LogP contribution in [0.15, 0.2) is 97.1 Å². The van der Waals surface area contributed by atoms with Crippen LogP contribution in [-0.4, -0.2) is 36.8 Å². The van der Waals surface area contributed by atoms with Gasteiger partial charge in [-0.3, -0.25) is 0 Å². The van der Waals surface area contributed by atoms with Gasteiger partial charge in [0.15, 0.2) is 0 Å². The van der Waals surface area contributed by atoms with Crippen molar-refractivity contribution in [2.24, 2.45) is 0 Å². The number of unbranched alkanes of at least 4 members (excludes halogenated alkanes) is 6. The van der Waals surface area contributed by atoms with Crippen LogP contribution in [0.25, 0.3) is 0 Å². The Morgan fingerprint density at radius 3 is 0.689 bits per heavy atom. The Morgan fingerprint density at radius 2 is 0.489 bits per heavy atom. The lowest BCUT2D eigenvalue weighted by atomic mass is 10.0. The van der Waals surface area contributed by atoms with Crippen LogP contribution in [0.3, 0.4) is 0 Å². The second-order valence-corrected chi connectivity index (χ2v) is 13.7. The summed E-state index contributed by atoms with van der Waals surface area (Å²) in [4.78, 5) is 10.2. The van der Waals surface area contributed by atoms with E-state index < -0.39 is 0 Å². The zero-order valence-corrected chi connectivity index (χ0v) is 29.6. The van der Waals surface area contributed by atoms with Crippen molar-refractivity contribution in [2.75, 3.05) is 56.4 Å². The van der Waals surface area contributed by atoms with Gasteiger partial charge in [0.05, 0.1) is 45.5 Å². The first-order valence-corrected chi connectivity index (χ1v) is 19.1. The molecule has 0 spiro atoms. The third-order valence-corrected chi connectivity index (χ3v) is 10.3. The van der Waals surface area contributed by atoms with Gasteiger partial charge in [-0.15, -0.1) is 0 Å². The second-order valence-electron chi connectivity index (χ2n) is 12.1. The standard InChI is InChI=1S/C39H46Br2N4/c40-26-12-1-14-28-42-32-18-4-8-22-36(32)44(37-23-9-5-19-33(37)42)30-16-3-17-31-45-38-24-10-6-20-34(38)43(29-15-2-13-27-41)35-21-7-11-25-39(35)45/h4-11,18-25H,1-3,12-17,26-31H2. The first-order chi connectivity index (χ1) is 22.3. The molecule has 0 unspecified atom stereocenters. The van der Waals surface area contributed by atoms with Gasteiger partial charge in [-0.2, -0.15) is 0 Å². The Hall–Kier alpha value is -2.96. The molecule has 0 aromatic heterocycles. The summed E-state index contributed by atoms with van der Waals surface area (Å²) in [7, 11) is 0. The van der Waals surface area contributed by atoms with Gasteiger partial charge in [-0.05, 0) is 93.5 Å². The quantitative estimate of drug-likeness (QED) is 0.0841. The van der Waals surface area contributed by atoms with Crippen LogP contribution < -0.4 is 19.6 Å². The Morgan fingerprint density at radius 1 is 0.289 bits per heavy atom. The number of fused-ring (bicyclic) bond motifs is 4. The van der Waals surface area contributed by atoms with Crippen molar-refractivity contribution in [2.45, 2.75) is 57.8 Å². The van der Waals surface area contributed by atoms with Crippen molar-refractivity contribution >= 4 is 77.4 Å². The fraction of sp³-hybridized carbons (Fsp3) is 0.385. The number of anilines is 8. The number of para-hydroxylation sites is 8. The van der Waals surface area contributed by atoms with Crippen molar-refractivity contribution in [3.05, 3.63) is 97.1 Å². The first kappa shape index (κ1) is 32.0. The molecule has 4 aromatic carbocycles. The molecule has 236 valence electrons. The summed E-state index contributed by atoms with van der Waals surface area (Å²) in [5, 5.41) is 2.17. The summed E-state index contributed by atoms with van der Waals surface area (Å²) in [5.41, 5.74) is 10.7. The van der Waals surface area contributed by atoms with E-state index in [1.807, 2.05) is 0 Å². The maximum atomic E-state index is 3.60. The van der Waals surface area contributed by atoms with E-state index in [2.05, 4.69) is 149 Å². The predicted molar refractivity (Wildman–Crippen MR) is 203 cm³/mol. The lowest BCUT2D eigenvalue weighted by Crippen LogP contribution is -2.31. The highest BCUT2D eigenvalue weighted by molar-refractivity contribution is 9.09. The normalized spacial score (nSPS) is 13.4. The molecule has 45 heavy (non-hydrogen) atoms. The first-order valence-electron chi connectivity index (χ1n) is 16.9. The Labute approximate surface area is 287 Å². The number of alkyl halides is 2. The molecule has 6 heteroatoms. The SMILES string of the molecule is BrCCCCCN1c2ccccc2N(CCCCCN2c3ccccc3N(CCCCCBr)c3ccccc32)c2ccccc21. The molecule has 0 N–H and O–H groups in total. The van der Waals surface area contributed by atoms with E-state index >= 15 is 0 Å². The van der Waals surface area contributed by atoms with Gasteiger partial charge in [0, 0.05) is 36.8 Å². The van der Waals surface area contributed by atoms with Crippen LogP contribution in [0.1, 0.15) is 57.8 Å². The van der Waals surface area contributed by atoms with Crippen LogP contribution in [0.5, 0.6) is 0 Å². The summed E-state index contributed by atoms with van der Waals surface area (Å²) >= 11 is 7.19. The Bertz CT molecular complexity index is 1320. The maximum Gasteiger partial charge on any atom is 0.0652 e. The van der Waals surface area contributed by atoms with Crippen molar-refractivity contribution < 1.29 is 0 Å². The van der Waals surface area contributed by atoms with E-state index in [0.717, 1.165) is 49.7 Å². The van der Waals surface area contributed by atoms with Gasteiger partial charge in [0.1, 0.15) is 0 Å². The average Bonchev–Trinajstić information content (AvgIpc) is 3.09. The largest absolute Gasteiger partial charge is 0.338 e. The van der Waals surface area contributed by atoms with E-state index in [-0.39, 0.29) is 0 Å². The number of nitrogens with zero attached hydrogens (tertiary/aromatic N) is 4. The topological polar surface area (TPSA) is 13.0 Å². The summed E-state index contributed by atoms with van der Waals surface area (Å²) < 4.78 is 0. The minimum absolute atomic E-state index is 1.03. The summed E-state index contributed by atoms with van der Waals surface area (Å²) in [6, 6.07) is 36.0. The van der Waals surface area contributed by atoms with Gasteiger partial charge in [-0.25, -0.2) is 0 Å². The summed E-state index contributed by atoms with van der Waals surface area (Å²) in [6.07, 6.45) is 10.9. The van der Waals surface area contributed by atoms with E-state index in [0.29, 0.717) is 0 Å². The zero-order chi connectivity index (χ0) is 30.8. The smallest absolute Gasteiger partial charge is 0.0652 e. The average molecular weight is 731 g/mol. The molecule has 0 saturated heterocycles. The lowest BCUT2D eigenvalue weighted by Gasteiger charge is -2.41. The molecule has 0 amide bonds. The molecular weight excluding hydrogens is 684 g/mol. The third kappa shape index (κ3) is 7.23. The molecule has 0 fully saturated rings. The monoisotopic (exact) mass is 728 g/mol. The molecule has 2 heterocycles. The summed E-state index contributed by atoms with van der Waals surface area (Å²) in [5.74, 6) is 0. The predicted octanol–water partition coefficient (Wildman–Crippen LogP) is 11.9. The Kier molecular flexibility index (Phi) is 11.4. The Balaban J connectivity index is 1.12. The number of rotatable bonds is 16. The van der Waals surface area contributed by atoms with Gasteiger partial charge in [-0.1, -0.05) is 93.2 Å². The molecule has 0 aliphatic carbocycles. The van der Waals surface area contributed by atoms with Crippen molar-refractivity contribution in [1.82, 2.24) is 0 Å². The number of halogens is 2. The number of hydrogen-bond donors (Lipinski definition) is 0. The lowest BCUT2D eigenvalue weighted by molar-refractivity contribution is 0.673. The van der Waals surface area contributed by atoms with E-state index in [1.165, 1.54) is 90.4 Å². The van der Waals surface area contributed by atoms with E-state index in [4.69, 9.17) is 0 Å². The maximum absolute atomic E-state index is 3.60. The molecule has 0 saturated carbocycles. The fourth-order valence-corrected chi connectivity index (χ4v) is 7.76. The fourth-order valence-electron chi connectivity index (χ4n) is 6.96. The van der Waals surface area contributed by atoms with Crippen molar-refractivity contribution in [1.29, 1.82) is 0 Å². The van der Waals surface area contributed by atoms with Crippen molar-refractivity contribution in [3.8, 4) is 0 Å². The van der Waals surface area contributed by atoms with Gasteiger partial charge in [0.25, 0.3) is 0 Å². The molecular formula is C39H46Br2N4. The minimum Gasteiger partial charge on any atom is -0.338 e. The van der Waals surface area contributed by atoms with Crippen LogP contribution in [0.4, 0.5) is 45.5 Å². The molecule has 2 aliphatic heterocycles. The molecule has 0 atom stereocenters. The molecule has 6 rings (SSSR count). The molecule has 4 aromatic rings.